The summed E-state index contributed by atoms with van der Waals surface area (Å²) >= 11 is 1.50. The number of hydrogen-bond donors (Lipinski definition) is 0. The topological polar surface area (TPSA) is 53.2 Å². The molecule has 0 bridgehead atoms. The molecule has 26 heavy (non-hydrogen) atoms. The van der Waals surface area contributed by atoms with Crippen molar-refractivity contribution in [3.8, 4) is 0 Å². The van der Waals surface area contributed by atoms with Crippen molar-refractivity contribution in [1.29, 1.82) is 0 Å². The lowest BCUT2D eigenvalue weighted by Gasteiger charge is -2.10. The Balaban J connectivity index is 1.63. The molecule has 0 unspecified atom stereocenters. The minimum Gasteiger partial charge on any atom is -0.217 e. The second-order valence-corrected chi connectivity index (χ2v) is 6.44. The third kappa shape index (κ3) is 3.81. The standard InChI is InChI=1S/C20H15N5S/c1-3-9-16(10-4-1)15-21-25(17-11-5-2-6-12-17)24-23-20-22-18-13-7-8-14-19(18)26-20/h1-15H. The third-order valence-electron chi connectivity index (χ3n) is 3.60. The van der Waals surface area contributed by atoms with Gasteiger partial charge in [-0.2, -0.15) is 5.10 Å². The van der Waals surface area contributed by atoms with Crippen LogP contribution >= 0.6 is 11.3 Å². The molecule has 0 aliphatic heterocycles. The van der Waals surface area contributed by atoms with Gasteiger partial charge in [0.05, 0.1) is 22.1 Å². The maximum absolute atomic E-state index is 4.48. The minimum absolute atomic E-state index is 0.599. The lowest BCUT2D eigenvalue weighted by molar-refractivity contribution is 0.860. The Bertz CT molecular complexity index is 1010. The lowest BCUT2D eigenvalue weighted by Crippen LogP contribution is -2.07. The largest absolute Gasteiger partial charge is 0.232 e. The summed E-state index contributed by atoms with van der Waals surface area (Å²) in [6, 6.07) is 27.5. The van der Waals surface area contributed by atoms with Gasteiger partial charge in [-0.3, -0.25) is 0 Å². The van der Waals surface area contributed by atoms with Crippen molar-refractivity contribution in [3.63, 3.8) is 0 Å². The predicted molar refractivity (Wildman–Crippen MR) is 107 cm³/mol. The Labute approximate surface area is 154 Å². The fourth-order valence-electron chi connectivity index (χ4n) is 2.35. The summed E-state index contributed by atoms with van der Waals surface area (Å²) in [5, 5.41) is 15.1. The molecule has 0 spiro atoms. The second-order valence-electron chi connectivity index (χ2n) is 5.43. The Kier molecular flexibility index (Phi) is 4.75. The Morgan fingerprint density at radius 1 is 0.808 bits per heavy atom. The molecule has 0 aliphatic carbocycles. The molecule has 0 saturated carbocycles. The van der Waals surface area contributed by atoms with E-state index >= 15 is 0 Å². The van der Waals surface area contributed by atoms with Gasteiger partial charge in [0.1, 0.15) is 0 Å². The van der Waals surface area contributed by atoms with E-state index in [0.29, 0.717) is 5.13 Å². The van der Waals surface area contributed by atoms with E-state index in [-0.39, 0.29) is 0 Å². The van der Waals surface area contributed by atoms with Gasteiger partial charge >= 0.3 is 0 Å². The molecule has 1 heterocycles. The number of benzene rings is 3. The van der Waals surface area contributed by atoms with E-state index in [0.717, 1.165) is 21.5 Å². The monoisotopic (exact) mass is 357 g/mol. The van der Waals surface area contributed by atoms with Gasteiger partial charge in [-0.1, -0.05) is 77.1 Å². The van der Waals surface area contributed by atoms with Crippen LogP contribution in [-0.2, 0) is 0 Å². The normalized spacial score (nSPS) is 11.5. The average Bonchev–Trinajstić information content (AvgIpc) is 3.12. The highest BCUT2D eigenvalue weighted by Crippen LogP contribution is 2.28. The van der Waals surface area contributed by atoms with Crippen LogP contribution in [0.5, 0.6) is 0 Å². The molecule has 6 heteroatoms. The maximum atomic E-state index is 4.48. The van der Waals surface area contributed by atoms with Crippen LogP contribution in [0.4, 0.5) is 10.8 Å². The molecular formula is C20H15N5S. The highest BCUT2D eigenvalue weighted by molar-refractivity contribution is 7.21. The van der Waals surface area contributed by atoms with E-state index < -0.39 is 0 Å². The summed E-state index contributed by atoms with van der Waals surface area (Å²) in [6.45, 7) is 0. The molecule has 0 fully saturated rings. The molecule has 0 aliphatic rings. The summed E-state index contributed by atoms with van der Waals surface area (Å²) in [7, 11) is 0. The first-order chi connectivity index (χ1) is 12.9. The van der Waals surface area contributed by atoms with Gasteiger partial charge in [-0.05, 0) is 35.1 Å². The Hall–Kier alpha value is -3.38. The molecule has 4 aromatic rings. The quantitative estimate of drug-likeness (QED) is 0.256. The Morgan fingerprint density at radius 3 is 2.27 bits per heavy atom. The first-order valence-electron chi connectivity index (χ1n) is 8.10. The predicted octanol–water partition coefficient (Wildman–Crippen LogP) is 5.84. The van der Waals surface area contributed by atoms with Crippen molar-refractivity contribution in [3.05, 3.63) is 90.5 Å². The van der Waals surface area contributed by atoms with Gasteiger partial charge in [-0.15, -0.1) is 5.12 Å². The summed E-state index contributed by atoms with van der Waals surface area (Å²) in [4.78, 5) is 4.48. The van der Waals surface area contributed by atoms with E-state index in [4.69, 9.17) is 0 Å². The molecule has 0 saturated heterocycles. The van der Waals surface area contributed by atoms with Crippen molar-refractivity contribution in [2.75, 3.05) is 5.12 Å². The molecule has 0 atom stereocenters. The first-order valence-corrected chi connectivity index (χ1v) is 8.91. The summed E-state index contributed by atoms with van der Waals surface area (Å²) in [6.07, 6.45) is 1.75. The van der Waals surface area contributed by atoms with Gasteiger partial charge < -0.3 is 0 Å². The van der Waals surface area contributed by atoms with Crippen LogP contribution in [-0.4, -0.2) is 11.2 Å². The number of rotatable bonds is 5. The highest BCUT2D eigenvalue weighted by atomic mass is 32.1. The number of para-hydroxylation sites is 2. The van der Waals surface area contributed by atoms with Crippen LogP contribution in [0.3, 0.4) is 0 Å². The molecule has 0 radical (unpaired) electrons. The summed E-state index contributed by atoms with van der Waals surface area (Å²) < 4.78 is 1.08. The van der Waals surface area contributed by atoms with Crippen LogP contribution in [0.15, 0.2) is 100 Å². The first kappa shape index (κ1) is 16.1. The van der Waals surface area contributed by atoms with Crippen molar-refractivity contribution in [2.24, 2.45) is 15.4 Å². The van der Waals surface area contributed by atoms with Crippen molar-refractivity contribution in [1.82, 2.24) is 4.98 Å². The third-order valence-corrected chi connectivity index (χ3v) is 4.52. The van der Waals surface area contributed by atoms with Gasteiger partial charge in [0.15, 0.2) is 0 Å². The molecule has 1 aromatic heterocycles. The maximum Gasteiger partial charge on any atom is 0.232 e. The molecule has 3 aromatic carbocycles. The molecule has 4 rings (SSSR count). The van der Waals surface area contributed by atoms with E-state index in [2.05, 4.69) is 20.4 Å². The van der Waals surface area contributed by atoms with Crippen LogP contribution < -0.4 is 5.12 Å². The lowest BCUT2D eigenvalue weighted by atomic mass is 10.2. The molecule has 0 amide bonds. The summed E-state index contributed by atoms with van der Waals surface area (Å²) in [5.41, 5.74) is 2.73. The zero-order chi connectivity index (χ0) is 17.6. The van der Waals surface area contributed by atoms with Gasteiger partial charge in [0.2, 0.25) is 5.13 Å². The summed E-state index contributed by atoms with van der Waals surface area (Å²) in [5.74, 6) is 0. The van der Waals surface area contributed by atoms with Crippen molar-refractivity contribution in [2.45, 2.75) is 0 Å². The number of anilines is 1. The Morgan fingerprint density at radius 2 is 1.50 bits per heavy atom. The van der Waals surface area contributed by atoms with Crippen LogP contribution in [0.25, 0.3) is 10.2 Å². The number of aromatic nitrogens is 1. The van der Waals surface area contributed by atoms with E-state index in [1.807, 2.05) is 84.9 Å². The second kappa shape index (κ2) is 7.67. The van der Waals surface area contributed by atoms with Crippen molar-refractivity contribution >= 4 is 38.6 Å². The zero-order valence-electron chi connectivity index (χ0n) is 13.8. The van der Waals surface area contributed by atoms with Crippen LogP contribution in [0, 0.1) is 0 Å². The van der Waals surface area contributed by atoms with Gasteiger partial charge in [0.25, 0.3) is 0 Å². The fourth-order valence-corrected chi connectivity index (χ4v) is 3.13. The number of fused-ring (bicyclic) bond motifs is 1. The number of nitrogens with zero attached hydrogens (tertiary/aromatic N) is 5. The number of thiazole rings is 1. The highest BCUT2D eigenvalue weighted by Gasteiger charge is 2.05. The van der Waals surface area contributed by atoms with Crippen molar-refractivity contribution < 1.29 is 0 Å². The SMILES string of the molecule is C(=NN(N=Nc1nc2ccccc2s1)c1ccccc1)c1ccccc1. The number of hydrazone groups is 1. The van der Waals surface area contributed by atoms with Crippen LogP contribution in [0.1, 0.15) is 5.56 Å². The average molecular weight is 357 g/mol. The molecular weight excluding hydrogens is 342 g/mol. The zero-order valence-corrected chi connectivity index (χ0v) is 14.6. The van der Waals surface area contributed by atoms with E-state index in [9.17, 15) is 0 Å². The van der Waals surface area contributed by atoms with Gasteiger partial charge in [0, 0.05) is 0 Å². The van der Waals surface area contributed by atoms with Crippen LogP contribution in [0.2, 0.25) is 0 Å². The smallest absolute Gasteiger partial charge is 0.217 e. The van der Waals surface area contributed by atoms with E-state index in [1.54, 1.807) is 6.21 Å². The molecule has 5 nitrogen and oxygen atoms in total. The fraction of sp³-hybridized carbons (Fsp3) is 0. The van der Waals surface area contributed by atoms with E-state index in [1.165, 1.54) is 16.5 Å². The minimum atomic E-state index is 0.599. The number of hydrogen-bond acceptors (Lipinski definition) is 5. The molecule has 0 N–H and O–H groups in total. The van der Waals surface area contributed by atoms with Gasteiger partial charge in [-0.25, -0.2) is 4.98 Å². The molecule has 126 valence electrons.